The van der Waals surface area contributed by atoms with Gasteiger partial charge in [-0.1, -0.05) is 50.2 Å². The molecule has 10 heteroatoms. The van der Waals surface area contributed by atoms with Gasteiger partial charge in [-0.2, -0.15) is 9.97 Å². The molecule has 0 atom stereocenters. The van der Waals surface area contributed by atoms with Crippen molar-refractivity contribution in [3.63, 3.8) is 0 Å². The van der Waals surface area contributed by atoms with Gasteiger partial charge in [-0.05, 0) is 41.3 Å². The second kappa shape index (κ2) is 8.22. The number of nitrogens with zero attached hydrogens (tertiary/aromatic N) is 6. The summed E-state index contributed by atoms with van der Waals surface area (Å²) in [5, 5.41) is 11.4. The Morgan fingerprint density at radius 2 is 1.74 bits per heavy atom. The van der Waals surface area contributed by atoms with Gasteiger partial charge in [-0.15, -0.1) is 5.10 Å². The zero-order valence-electron chi connectivity index (χ0n) is 18.9. The number of aromatic nitrogens is 6. The largest absolute Gasteiger partial charge is 0.352 e. The predicted molar refractivity (Wildman–Crippen MR) is 124 cm³/mol. The number of rotatable bonds is 5. The first-order valence-corrected chi connectivity index (χ1v) is 10.7. The fourth-order valence-corrected chi connectivity index (χ4v) is 3.44. The van der Waals surface area contributed by atoms with Crippen LogP contribution in [-0.2, 0) is 12.0 Å². The SMILES string of the molecule is CC(C)(C)c1ccc(-c2noc(Cn3nc4nc(Nc5ccc(F)cc5)ccn4c3=O)n2)cc1. The third-order valence-corrected chi connectivity index (χ3v) is 5.33. The van der Waals surface area contributed by atoms with Crippen LogP contribution in [0.25, 0.3) is 17.2 Å². The Bertz CT molecular complexity index is 1510. The molecule has 0 aliphatic heterocycles. The summed E-state index contributed by atoms with van der Waals surface area (Å²) in [5.41, 5.74) is 2.35. The van der Waals surface area contributed by atoms with E-state index in [0.29, 0.717) is 17.3 Å². The summed E-state index contributed by atoms with van der Waals surface area (Å²) in [7, 11) is 0. The van der Waals surface area contributed by atoms with Crippen molar-refractivity contribution in [1.29, 1.82) is 0 Å². The van der Waals surface area contributed by atoms with E-state index in [0.717, 1.165) is 5.56 Å². The van der Waals surface area contributed by atoms with Gasteiger partial charge in [0.25, 0.3) is 5.78 Å². The van der Waals surface area contributed by atoms with Crippen LogP contribution in [0, 0.1) is 5.82 Å². The van der Waals surface area contributed by atoms with Crippen molar-refractivity contribution in [3.05, 3.63) is 88.5 Å². The topological polar surface area (TPSA) is 103 Å². The molecule has 0 spiro atoms. The second-order valence-electron chi connectivity index (χ2n) is 8.89. The average Bonchev–Trinajstić information content (AvgIpc) is 3.40. The highest BCUT2D eigenvalue weighted by molar-refractivity contribution is 5.57. The van der Waals surface area contributed by atoms with E-state index in [9.17, 15) is 9.18 Å². The molecule has 3 heterocycles. The molecular weight excluding hydrogens is 437 g/mol. The van der Waals surface area contributed by atoms with E-state index < -0.39 is 0 Å². The maximum atomic E-state index is 13.1. The smallest absolute Gasteiger partial charge is 0.340 e. The van der Waals surface area contributed by atoms with E-state index in [-0.39, 0.29) is 35.1 Å². The van der Waals surface area contributed by atoms with Crippen LogP contribution in [-0.4, -0.2) is 29.3 Å². The molecule has 3 aromatic heterocycles. The summed E-state index contributed by atoms with van der Waals surface area (Å²) >= 11 is 0. The van der Waals surface area contributed by atoms with E-state index in [4.69, 9.17) is 4.52 Å². The van der Waals surface area contributed by atoms with Gasteiger partial charge in [0, 0.05) is 17.4 Å². The molecule has 0 saturated carbocycles. The maximum Gasteiger partial charge on any atom is 0.352 e. The van der Waals surface area contributed by atoms with Crippen LogP contribution >= 0.6 is 0 Å². The first-order chi connectivity index (χ1) is 16.3. The highest BCUT2D eigenvalue weighted by atomic mass is 19.1. The number of fused-ring (bicyclic) bond motifs is 1. The van der Waals surface area contributed by atoms with Crippen LogP contribution in [0.1, 0.15) is 32.2 Å². The Morgan fingerprint density at radius 1 is 1.00 bits per heavy atom. The van der Waals surface area contributed by atoms with Crippen molar-refractivity contribution in [3.8, 4) is 11.4 Å². The van der Waals surface area contributed by atoms with Gasteiger partial charge in [-0.3, -0.25) is 0 Å². The summed E-state index contributed by atoms with van der Waals surface area (Å²) in [6.45, 7) is 6.46. The van der Waals surface area contributed by atoms with E-state index in [1.807, 2.05) is 24.3 Å². The molecular formula is C24H22FN7O2. The zero-order chi connectivity index (χ0) is 23.9. The van der Waals surface area contributed by atoms with Gasteiger partial charge in [0.05, 0.1) is 0 Å². The number of nitrogens with one attached hydrogen (secondary N) is 1. The van der Waals surface area contributed by atoms with Crippen LogP contribution < -0.4 is 11.0 Å². The molecule has 0 bridgehead atoms. The van der Waals surface area contributed by atoms with Crippen LogP contribution in [0.5, 0.6) is 0 Å². The maximum absolute atomic E-state index is 13.1. The number of hydrogen-bond acceptors (Lipinski definition) is 7. The molecule has 9 nitrogen and oxygen atoms in total. The van der Waals surface area contributed by atoms with Crippen LogP contribution in [0.3, 0.4) is 0 Å². The Balaban J connectivity index is 1.36. The minimum Gasteiger partial charge on any atom is -0.340 e. The lowest BCUT2D eigenvalue weighted by atomic mass is 9.87. The summed E-state index contributed by atoms with van der Waals surface area (Å²) in [5.74, 6) is 1.04. The van der Waals surface area contributed by atoms with Gasteiger partial charge in [-0.25, -0.2) is 18.3 Å². The number of anilines is 2. The van der Waals surface area contributed by atoms with E-state index in [2.05, 4.69) is 46.3 Å². The third kappa shape index (κ3) is 4.29. The van der Waals surface area contributed by atoms with Gasteiger partial charge in [0.15, 0.2) is 0 Å². The van der Waals surface area contributed by atoms with Gasteiger partial charge >= 0.3 is 5.69 Å². The molecule has 0 aliphatic carbocycles. The van der Waals surface area contributed by atoms with Crippen molar-refractivity contribution in [2.45, 2.75) is 32.7 Å². The highest BCUT2D eigenvalue weighted by Crippen LogP contribution is 2.25. The zero-order valence-corrected chi connectivity index (χ0v) is 18.9. The normalized spacial score (nSPS) is 11.8. The first-order valence-electron chi connectivity index (χ1n) is 10.7. The van der Waals surface area contributed by atoms with Crippen molar-refractivity contribution < 1.29 is 8.91 Å². The Labute approximate surface area is 193 Å². The van der Waals surface area contributed by atoms with Crippen LogP contribution in [0.2, 0.25) is 0 Å². The molecule has 0 saturated heterocycles. The molecule has 0 amide bonds. The Morgan fingerprint density at radius 3 is 2.44 bits per heavy atom. The summed E-state index contributed by atoms with van der Waals surface area (Å²) in [4.78, 5) is 21.5. The lowest BCUT2D eigenvalue weighted by molar-refractivity contribution is 0.364. The average molecular weight is 459 g/mol. The van der Waals surface area contributed by atoms with E-state index in [1.54, 1.807) is 24.4 Å². The molecule has 172 valence electrons. The molecule has 0 fully saturated rings. The van der Waals surface area contributed by atoms with Crippen molar-refractivity contribution in [2.75, 3.05) is 5.32 Å². The molecule has 0 aliphatic rings. The van der Waals surface area contributed by atoms with E-state index in [1.165, 1.54) is 26.8 Å². The standard InChI is InChI=1S/C24H22FN7O2/c1-24(2,3)16-6-4-15(5-7-16)21-28-20(34-30-21)14-32-23(33)31-13-12-19(27-22(31)29-32)26-18-10-8-17(25)9-11-18/h4-13H,14H2,1-3H3,(H,26,27,29). The summed E-state index contributed by atoms with van der Waals surface area (Å²) < 4.78 is 21.0. The van der Waals surface area contributed by atoms with Gasteiger partial charge < -0.3 is 9.84 Å². The van der Waals surface area contributed by atoms with Crippen LogP contribution in [0.4, 0.5) is 15.9 Å². The van der Waals surface area contributed by atoms with E-state index >= 15 is 0 Å². The number of benzene rings is 2. The molecule has 0 radical (unpaired) electrons. The molecule has 5 rings (SSSR count). The molecule has 2 aromatic carbocycles. The number of hydrogen-bond donors (Lipinski definition) is 1. The van der Waals surface area contributed by atoms with Crippen molar-refractivity contribution >= 4 is 17.3 Å². The number of halogens is 1. The molecule has 1 N–H and O–H groups in total. The minimum atomic E-state index is -0.384. The summed E-state index contributed by atoms with van der Waals surface area (Å²) in [6, 6.07) is 15.5. The molecule has 0 unspecified atom stereocenters. The second-order valence-corrected chi connectivity index (χ2v) is 8.89. The molecule has 5 aromatic rings. The quantitative estimate of drug-likeness (QED) is 0.421. The lowest BCUT2D eigenvalue weighted by Crippen LogP contribution is -2.21. The monoisotopic (exact) mass is 459 g/mol. The Hall–Kier alpha value is -4.34. The van der Waals surface area contributed by atoms with Gasteiger partial charge in [0.1, 0.15) is 18.2 Å². The molecule has 34 heavy (non-hydrogen) atoms. The third-order valence-electron chi connectivity index (χ3n) is 5.33. The fourth-order valence-electron chi connectivity index (χ4n) is 3.44. The van der Waals surface area contributed by atoms with Crippen molar-refractivity contribution in [1.82, 2.24) is 29.3 Å². The summed E-state index contributed by atoms with van der Waals surface area (Å²) in [6.07, 6.45) is 1.57. The Kier molecular flexibility index (Phi) is 5.20. The first kappa shape index (κ1) is 21.5. The highest BCUT2D eigenvalue weighted by Gasteiger charge is 2.16. The van der Waals surface area contributed by atoms with Crippen LogP contribution in [0.15, 0.2) is 70.1 Å². The minimum absolute atomic E-state index is 0.00991. The van der Waals surface area contributed by atoms with Gasteiger partial charge in [0.2, 0.25) is 11.7 Å². The predicted octanol–water partition coefficient (Wildman–Crippen LogP) is 4.17. The lowest BCUT2D eigenvalue weighted by Gasteiger charge is -2.18. The fraction of sp³-hybridized carbons (Fsp3) is 0.208. The van der Waals surface area contributed by atoms with Crippen molar-refractivity contribution in [2.24, 2.45) is 0 Å².